The van der Waals surface area contributed by atoms with Crippen molar-refractivity contribution in [1.29, 1.82) is 0 Å². The molecule has 2 aromatic carbocycles. The SMILES string of the molecule is CCCN(CCC)C(=O)c1cc(C)cc(C(=O)NOC[C@H](O)[C@H](O)C(O)CONC(=O)C[C@H](O)c2ccccc2)c1. The zero-order valence-corrected chi connectivity index (χ0v) is 23.7. The van der Waals surface area contributed by atoms with Gasteiger partial charge in [-0.2, -0.15) is 0 Å². The number of nitrogens with one attached hydrogen (secondary N) is 2. The van der Waals surface area contributed by atoms with E-state index < -0.39 is 49.4 Å². The fraction of sp³-hybridized carbons (Fsp3) is 0.483. The van der Waals surface area contributed by atoms with Gasteiger partial charge in [-0.05, 0) is 49.1 Å². The Labute approximate surface area is 239 Å². The topological polar surface area (TPSA) is 178 Å². The molecule has 2 rings (SSSR count). The third-order valence-electron chi connectivity index (χ3n) is 6.07. The predicted molar refractivity (Wildman–Crippen MR) is 149 cm³/mol. The lowest BCUT2D eigenvalue weighted by Gasteiger charge is -2.23. The van der Waals surface area contributed by atoms with Crippen molar-refractivity contribution in [2.45, 2.75) is 64.4 Å². The maximum Gasteiger partial charge on any atom is 0.274 e. The number of benzene rings is 2. The first-order valence-corrected chi connectivity index (χ1v) is 13.6. The number of rotatable bonds is 17. The Hall–Kier alpha value is -3.39. The molecule has 12 nitrogen and oxygen atoms in total. The van der Waals surface area contributed by atoms with Crippen LogP contribution in [0.15, 0.2) is 48.5 Å². The number of aryl methyl sites for hydroxylation is 1. The molecule has 0 heterocycles. The van der Waals surface area contributed by atoms with Crippen molar-refractivity contribution in [2.75, 3.05) is 26.3 Å². The minimum atomic E-state index is -1.73. The van der Waals surface area contributed by atoms with Gasteiger partial charge in [-0.25, -0.2) is 11.0 Å². The van der Waals surface area contributed by atoms with Gasteiger partial charge in [-0.1, -0.05) is 44.2 Å². The summed E-state index contributed by atoms with van der Waals surface area (Å²) < 4.78 is 0. The van der Waals surface area contributed by atoms with Crippen molar-refractivity contribution in [3.63, 3.8) is 0 Å². The van der Waals surface area contributed by atoms with Gasteiger partial charge in [0.25, 0.3) is 11.8 Å². The highest BCUT2D eigenvalue weighted by Gasteiger charge is 2.26. The summed E-state index contributed by atoms with van der Waals surface area (Å²) in [5.41, 5.74) is 6.02. The Morgan fingerprint density at radius 3 is 1.98 bits per heavy atom. The molecule has 0 aromatic heterocycles. The molecule has 0 aliphatic carbocycles. The van der Waals surface area contributed by atoms with Crippen molar-refractivity contribution >= 4 is 17.7 Å². The van der Waals surface area contributed by atoms with Gasteiger partial charge in [0.15, 0.2) is 0 Å². The van der Waals surface area contributed by atoms with E-state index in [0.29, 0.717) is 29.8 Å². The molecule has 2 aromatic rings. The number of hydrogen-bond donors (Lipinski definition) is 6. The summed E-state index contributed by atoms with van der Waals surface area (Å²) in [6.45, 7) is 5.80. The highest BCUT2D eigenvalue weighted by Crippen LogP contribution is 2.16. The standard InChI is InChI=1S/C29H41N3O9/c1-4-11-32(12-5-2)29(39)22-14-19(3)13-21(15-22)28(38)31-41-18-25(35)27(37)24(34)17-40-30-26(36)16-23(33)20-9-7-6-8-10-20/h6-10,13-15,23-25,27,33-35,37H,4-5,11-12,16-18H2,1-3H3,(H,30,36)(H,31,38)/t23-,24?,25-,27+/m0/s1. The maximum atomic E-state index is 12.9. The fourth-order valence-electron chi connectivity index (χ4n) is 4.00. The van der Waals surface area contributed by atoms with Crippen LogP contribution < -0.4 is 11.0 Å². The van der Waals surface area contributed by atoms with E-state index in [-0.39, 0.29) is 17.9 Å². The van der Waals surface area contributed by atoms with E-state index >= 15 is 0 Å². The third kappa shape index (κ3) is 11.2. The number of nitrogens with zero attached hydrogens (tertiary/aromatic N) is 1. The molecular weight excluding hydrogens is 534 g/mol. The Kier molecular flexibility index (Phi) is 14.4. The molecule has 6 N–H and O–H groups in total. The van der Waals surface area contributed by atoms with Gasteiger partial charge in [0.1, 0.15) is 31.5 Å². The number of aliphatic hydroxyl groups is 4. The monoisotopic (exact) mass is 575 g/mol. The van der Waals surface area contributed by atoms with Crippen LogP contribution in [0.4, 0.5) is 0 Å². The van der Waals surface area contributed by atoms with Crippen LogP contribution in [-0.4, -0.2) is 87.7 Å². The molecule has 0 bridgehead atoms. The van der Waals surface area contributed by atoms with E-state index in [4.69, 9.17) is 9.68 Å². The summed E-state index contributed by atoms with van der Waals surface area (Å²) in [6.07, 6.45) is -4.68. The van der Waals surface area contributed by atoms with Crippen LogP contribution in [-0.2, 0) is 14.5 Å². The first-order valence-electron chi connectivity index (χ1n) is 13.6. The van der Waals surface area contributed by atoms with Crippen LogP contribution >= 0.6 is 0 Å². The van der Waals surface area contributed by atoms with E-state index in [1.165, 1.54) is 6.07 Å². The maximum absolute atomic E-state index is 12.9. The summed E-state index contributed by atoms with van der Waals surface area (Å²) in [5.74, 6) is -1.49. The number of hydroxylamine groups is 2. The summed E-state index contributed by atoms with van der Waals surface area (Å²) in [6, 6.07) is 13.3. The zero-order chi connectivity index (χ0) is 30.4. The van der Waals surface area contributed by atoms with E-state index in [2.05, 4.69) is 11.0 Å². The number of carbonyl (C=O) groups is 3. The van der Waals surface area contributed by atoms with Crippen molar-refractivity contribution < 1.29 is 44.5 Å². The molecule has 0 aliphatic rings. The smallest absolute Gasteiger partial charge is 0.274 e. The molecule has 0 radical (unpaired) electrons. The highest BCUT2D eigenvalue weighted by molar-refractivity contribution is 5.99. The van der Waals surface area contributed by atoms with Gasteiger partial charge >= 0.3 is 0 Å². The Bertz CT molecular complexity index is 1110. The number of aliphatic hydroxyl groups excluding tert-OH is 4. The van der Waals surface area contributed by atoms with Crippen LogP contribution in [0.1, 0.15) is 71.1 Å². The average molecular weight is 576 g/mol. The molecule has 4 atom stereocenters. The molecule has 0 spiro atoms. The van der Waals surface area contributed by atoms with Gasteiger partial charge in [0, 0.05) is 24.2 Å². The lowest BCUT2D eigenvalue weighted by Crippen LogP contribution is -2.44. The van der Waals surface area contributed by atoms with Gasteiger partial charge in [-0.3, -0.25) is 24.1 Å². The molecule has 1 unspecified atom stereocenters. The van der Waals surface area contributed by atoms with Crippen molar-refractivity contribution in [3.05, 3.63) is 70.8 Å². The molecule has 0 saturated heterocycles. The van der Waals surface area contributed by atoms with E-state index in [1.54, 1.807) is 54.3 Å². The molecule has 0 fully saturated rings. The third-order valence-corrected chi connectivity index (χ3v) is 6.07. The largest absolute Gasteiger partial charge is 0.388 e. The first-order chi connectivity index (χ1) is 19.6. The first kappa shape index (κ1) is 33.8. The Balaban J connectivity index is 1.79. The lowest BCUT2D eigenvalue weighted by atomic mass is 10.0. The van der Waals surface area contributed by atoms with Gasteiger partial charge in [0.05, 0.1) is 12.5 Å². The second-order valence-corrected chi connectivity index (χ2v) is 9.71. The molecule has 226 valence electrons. The molecular formula is C29H41N3O9. The van der Waals surface area contributed by atoms with Gasteiger partial charge in [-0.15, -0.1) is 0 Å². The van der Waals surface area contributed by atoms with E-state index in [0.717, 1.165) is 12.8 Å². The zero-order valence-electron chi connectivity index (χ0n) is 23.7. The van der Waals surface area contributed by atoms with E-state index in [9.17, 15) is 34.8 Å². The lowest BCUT2D eigenvalue weighted by molar-refractivity contribution is -0.147. The summed E-state index contributed by atoms with van der Waals surface area (Å²) in [7, 11) is 0. The summed E-state index contributed by atoms with van der Waals surface area (Å²) in [4.78, 5) is 49.1. The second-order valence-electron chi connectivity index (χ2n) is 9.71. The summed E-state index contributed by atoms with van der Waals surface area (Å²) >= 11 is 0. The number of hydrogen-bond acceptors (Lipinski definition) is 9. The average Bonchev–Trinajstić information content (AvgIpc) is 2.96. The summed E-state index contributed by atoms with van der Waals surface area (Å²) in [5, 5.41) is 40.4. The molecule has 12 heteroatoms. The molecule has 3 amide bonds. The Morgan fingerprint density at radius 1 is 0.829 bits per heavy atom. The number of amides is 3. The van der Waals surface area contributed by atoms with Crippen LogP contribution in [0.2, 0.25) is 0 Å². The minimum Gasteiger partial charge on any atom is -0.388 e. The second kappa shape index (κ2) is 17.4. The van der Waals surface area contributed by atoms with Crippen LogP contribution in [0, 0.1) is 6.92 Å². The molecule has 0 aliphatic heterocycles. The van der Waals surface area contributed by atoms with Gasteiger partial charge in [0.2, 0.25) is 5.91 Å². The van der Waals surface area contributed by atoms with Crippen LogP contribution in [0.25, 0.3) is 0 Å². The minimum absolute atomic E-state index is 0.175. The molecule has 41 heavy (non-hydrogen) atoms. The van der Waals surface area contributed by atoms with Crippen molar-refractivity contribution in [2.24, 2.45) is 0 Å². The highest BCUT2D eigenvalue weighted by atomic mass is 16.7. The van der Waals surface area contributed by atoms with Gasteiger partial charge < -0.3 is 25.3 Å². The normalized spacial score (nSPS) is 14.0. The van der Waals surface area contributed by atoms with Crippen molar-refractivity contribution in [3.8, 4) is 0 Å². The van der Waals surface area contributed by atoms with Crippen molar-refractivity contribution in [1.82, 2.24) is 15.9 Å². The molecule has 0 saturated carbocycles. The fourth-order valence-corrected chi connectivity index (χ4v) is 4.00. The number of carbonyl (C=O) groups excluding carboxylic acids is 3. The van der Waals surface area contributed by atoms with Crippen LogP contribution in [0.3, 0.4) is 0 Å². The van der Waals surface area contributed by atoms with E-state index in [1.807, 2.05) is 13.8 Å². The predicted octanol–water partition coefficient (Wildman–Crippen LogP) is 1.17. The Morgan fingerprint density at radius 2 is 1.39 bits per heavy atom. The van der Waals surface area contributed by atoms with Crippen LogP contribution in [0.5, 0.6) is 0 Å². The quantitative estimate of drug-likeness (QED) is 0.151.